The molecule has 150 valence electrons. The molecule has 0 spiro atoms. The van der Waals surface area contributed by atoms with Crippen LogP contribution < -0.4 is 5.32 Å². The minimum Gasteiger partial charge on any atom is -0.321 e. The van der Waals surface area contributed by atoms with Crippen LogP contribution in [0.4, 0.5) is 5.69 Å². The number of halogens is 3. The van der Waals surface area contributed by atoms with E-state index in [1.165, 1.54) is 0 Å². The number of hydrogen-bond acceptors (Lipinski definition) is 2. The van der Waals surface area contributed by atoms with Crippen molar-refractivity contribution >= 4 is 46.4 Å². The number of nitrogens with zero attached hydrogens (tertiary/aromatic N) is 2. The van der Waals surface area contributed by atoms with Gasteiger partial charge in [-0.1, -0.05) is 53.0 Å². The Morgan fingerprint density at radius 3 is 2.23 bits per heavy atom. The summed E-state index contributed by atoms with van der Waals surface area (Å²) in [6.07, 6.45) is 0. The Hall–Kier alpha value is -2.79. The SMILES string of the molecule is Cc1c(C(=O)Nc2ccccc2)nc(-c2ccc(Cl)cc2Cl)n1-c1ccc(Cl)cc1. The molecule has 0 saturated heterocycles. The van der Waals surface area contributed by atoms with E-state index in [9.17, 15) is 4.79 Å². The molecule has 0 fully saturated rings. The topological polar surface area (TPSA) is 46.9 Å². The summed E-state index contributed by atoms with van der Waals surface area (Å²) in [5.41, 5.74) is 3.14. The molecule has 0 aliphatic carbocycles. The number of imidazole rings is 1. The van der Waals surface area contributed by atoms with Gasteiger partial charge in [0.1, 0.15) is 5.82 Å². The number of carbonyl (C=O) groups is 1. The highest BCUT2D eigenvalue weighted by Gasteiger charge is 2.23. The monoisotopic (exact) mass is 455 g/mol. The van der Waals surface area contributed by atoms with Crippen LogP contribution in [0.25, 0.3) is 17.1 Å². The van der Waals surface area contributed by atoms with Crippen molar-refractivity contribution in [2.24, 2.45) is 0 Å². The van der Waals surface area contributed by atoms with Gasteiger partial charge in [0.15, 0.2) is 5.69 Å². The number of benzene rings is 3. The second-order valence-electron chi connectivity index (χ2n) is 6.63. The standard InChI is InChI=1S/C23H16Cl3N3O/c1-14-21(23(30)27-17-5-3-2-4-6-17)28-22(19-12-9-16(25)13-20(19)26)29(14)18-10-7-15(24)8-11-18/h2-13H,1H3,(H,27,30). The molecule has 7 heteroatoms. The first-order valence-corrected chi connectivity index (χ1v) is 10.2. The maximum atomic E-state index is 13.0. The van der Waals surface area contributed by atoms with E-state index in [2.05, 4.69) is 10.3 Å². The lowest BCUT2D eigenvalue weighted by Crippen LogP contribution is -2.14. The molecule has 0 unspecified atom stereocenters. The zero-order valence-electron chi connectivity index (χ0n) is 15.9. The van der Waals surface area contributed by atoms with Gasteiger partial charge in [-0.15, -0.1) is 0 Å². The highest BCUT2D eigenvalue weighted by molar-refractivity contribution is 6.36. The van der Waals surface area contributed by atoms with Crippen LogP contribution in [0.5, 0.6) is 0 Å². The Labute approximate surface area is 189 Å². The molecule has 0 saturated carbocycles. The Bertz CT molecular complexity index is 1220. The smallest absolute Gasteiger partial charge is 0.276 e. The van der Waals surface area contributed by atoms with E-state index in [0.717, 1.165) is 5.69 Å². The first-order valence-electron chi connectivity index (χ1n) is 9.11. The summed E-state index contributed by atoms with van der Waals surface area (Å²) in [4.78, 5) is 17.6. The van der Waals surface area contributed by atoms with Crippen LogP contribution >= 0.6 is 34.8 Å². The number of para-hydroxylation sites is 1. The predicted octanol–water partition coefficient (Wildman–Crippen LogP) is 7.06. The number of amides is 1. The summed E-state index contributed by atoms with van der Waals surface area (Å²) in [6.45, 7) is 1.84. The molecule has 0 radical (unpaired) electrons. The van der Waals surface area contributed by atoms with Crippen LogP contribution in [0.1, 0.15) is 16.2 Å². The van der Waals surface area contributed by atoms with Crippen molar-refractivity contribution in [1.29, 1.82) is 0 Å². The van der Waals surface area contributed by atoms with Gasteiger partial charge in [0.25, 0.3) is 5.91 Å². The third kappa shape index (κ3) is 4.08. The molecule has 30 heavy (non-hydrogen) atoms. The highest BCUT2D eigenvalue weighted by atomic mass is 35.5. The van der Waals surface area contributed by atoms with Crippen molar-refractivity contribution in [1.82, 2.24) is 9.55 Å². The fraction of sp³-hybridized carbons (Fsp3) is 0.0435. The van der Waals surface area contributed by atoms with Crippen molar-refractivity contribution in [3.05, 3.63) is 99.3 Å². The Balaban J connectivity index is 1.86. The quantitative estimate of drug-likeness (QED) is 0.357. The van der Waals surface area contributed by atoms with E-state index < -0.39 is 0 Å². The normalized spacial score (nSPS) is 10.8. The molecule has 0 bridgehead atoms. The van der Waals surface area contributed by atoms with Crippen LogP contribution in [0.15, 0.2) is 72.8 Å². The van der Waals surface area contributed by atoms with Crippen LogP contribution in [0.3, 0.4) is 0 Å². The summed E-state index contributed by atoms with van der Waals surface area (Å²) in [6, 6.07) is 21.7. The van der Waals surface area contributed by atoms with E-state index in [0.29, 0.717) is 43.5 Å². The highest BCUT2D eigenvalue weighted by Crippen LogP contribution is 2.33. The molecule has 1 N–H and O–H groups in total. The van der Waals surface area contributed by atoms with E-state index in [1.807, 2.05) is 54.0 Å². The molecule has 0 aliphatic rings. The van der Waals surface area contributed by atoms with E-state index in [4.69, 9.17) is 34.8 Å². The van der Waals surface area contributed by atoms with Gasteiger partial charge in [0.05, 0.1) is 10.7 Å². The van der Waals surface area contributed by atoms with Gasteiger partial charge in [-0.3, -0.25) is 9.36 Å². The van der Waals surface area contributed by atoms with Gasteiger partial charge in [-0.25, -0.2) is 4.98 Å². The molecular formula is C23H16Cl3N3O. The first kappa shape index (κ1) is 20.5. The van der Waals surface area contributed by atoms with Gasteiger partial charge in [0, 0.05) is 27.0 Å². The summed E-state index contributed by atoms with van der Waals surface area (Å²) >= 11 is 18.6. The molecule has 1 heterocycles. The van der Waals surface area contributed by atoms with Crippen molar-refractivity contribution in [2.45, 2.75) is 6.92 Å². The molecule has 0 aliphatic heterocycles. The molecular weight excluding hydrogens is 441 g/mol. The zero-order valence-corrected chi connectivity index (χ0v) is 18.1. The van der Waals surface area contributed by atoms with E-state index in [1.54, 1.807) is 30.3 Å². The molecule has 4 aromatic rings. The predicted molar refractivity (Wildman–Crippen MR) is 123 cm³/mol. The van der Waals surface area contributed by atoms with Crippen LogP contribution in [-0.4, -0.2) is 15.5 Å². The molecule has 4 rings (SSSR count). The van der Waals surface area contributed by atoms with Crippen molar-refractivity contribution in [3.8, 4) is 17.1 Å². The van der Waals surface area contributed by atoms with Crippen molar-refractivity contribution in [2.75, 3.05) is 5.32 Å². The summed E-state index contributed by atoms with van der Waals surface area (Å²) in [5.74, 6) is 0.229. The molecule has 0 atom stereocenters. The number of hydrogen-bond donors (Lipinski definition) is 1. The third-order valence-electron chi connectivity index (χ3n) is 4.61. The van der Waals surface area contributed by atoms with Gasteiger partial charge in [-0.2, -0.15) is 0 Å². The summed E-state index contributed by atoms with van der Waals surface area (Å²) in [5, 5.41) is 4.46. The van der Waals surface area contributed by atoms with Gasteiger partial charge in [0.2, 0.25) is 0 Å². The van der Waals surface area contributed by atoms with Gasteiger partial charge < -0.3 is 5.32 Å². The Morgan fingerprint density at radius 2 is 1.57 bits per heavy atom. The van der Waals surface area contributed by atoms with Gasteiger partial charge in [-0.05, 0) is 61.5 Å². The fourth-order valence-electron chi connectivity index (χ4n) is 3.19. The second kappa shape index (κ2) is 8.52. The molecule has 3 aromatic carbocycles. The Kier molecular flexibility index (Phi) is 5.82. The van der Waals surface area contributed by atoms with Gasteiger partial charge >= 0.3 is 0 Å². The number of rotatable bonds is 4. The lowest BCUT2D eigenvalue weighted by atomic mass is 10.2. The summed E-state index contributed by atoms with van der Waals surface area (Å²) < 4.78 is 1.88. The van der Waals surface area contributed by atoms with Crippen LogP contribution in [0, 0.1) is 6.92 Å². The molecule has 1 amide bonds. The average molecular weight is 457 g/mol. The lowest BCUT2D eigenvalue weighted by Gasteiger charge is -2.12. The van der Waals surface area contributed by atoms with Crippen molar-refractivity contribution in [3.63, 3.8) is 0 Å². The van der Waals surface area contributed by atoms with Crippen molar-refractivity contribution < 1.29 is 4.79 Å². The first-order chi connectivity index (χ1) is 14.4. The van der Waals surface area contributed by atoms with E-state index in [-0.39, 0.29) is 5.91 Å². The Morgan fingerprint density at radius 1 is 0.900 bits per heavy atom. The van der Waals surface area contributed by atoms with E-state index >= 15 is 0 Å². The molecule has 1 aromatic heterocycles. The summed E-state index contributed by atoms with van der Waals surface area (Å²) in [7, 11) is 0. The largest absolute Gasteiger partial charge is 0.321 e. The zero-order chi connectivity index (χ0) is 21.3. The molecule has 4 nitrogen and oxygen atoms in total. The maximum Gasteiger partial charge on any atom is 0.276 e. The third-order valence-corrected chi connectivity index (χ3v) is 5.41. The fourth-order valence-corrected chi connectivity index (χ4v) is 3.81. The minimum absolute atomic E-state index is 0.301. The number of carbonyl (C=O) groups excluding carboxylic acids is 1. The average Bonchev–Trinajstić information content (AvgIpc) is 3.06. The number of nitrogens with one attached hydrogen (secondary N) is 1. The second-order valence-corrected chi connectivity index (χ2v) is 7.91. The van der Waals surface area contributed by atoms with Crippen LogP contribution in [-0.2, 0) is 0 Å². The number of anilines is 1. The minimum atomic E-state index is -0.308. The maximum absolute atomic E-state index is 13.0. The van der Waals surface area contributed by atoms with Crippen LogP contribution in [0.2, 0.25) is 15.1 Å². The number of aromatic nitrogens is 2. The lowest BCUT2D eigenvalue weighted by molar-refractivity contribution is 0.102.